The van der Waals surface area contributed by atoms with Crippen LogP contribution in [0.4, 0.5) is 10.1 Å². The third kappa shape index (κ3) is 3.95. The van der Waals surface area contributed by atoms with E-state index in [1.54, 1.807) is 0 Å². The van der Waals surface area contributed by atoms with Gasteiger partial charge in [-0.05, 0) is 36.4 Å². The second kappa shape index (κ2) is 6.44. The molecule has 0 fully saturated rings. The Labute approximate surface area is 126 Å². The fourth-order valence-corrected chi connectivity index (χ4v) is 2.79. The lowest BCUT2D eigenvalue weighted by atomic mass is 10.3. The summed E-state index contributed by atoms with van der Waals surface area (Å²) in [5.74, 6) is -1.10. The Morgan fingerprint density at radius 1 is 1.14 bits per heavy atom. The van der Waals surface area contributed by atoms with Crippen LogP contribution in [0.5, 0.6) is 5.75 Å². The summed E-state index contributed by atoms with van der Waals surface area (Å²) in [4.78, 5) is 10.1. The van der Waals surface area contributed by atoms with Gasteiger partial charge in [-0.25, -0.2) is 12.8 Å². The molecule has 0 saturated heterocycles. The molecule has 116 valence electrons. The smallest absolute Gasteiger partial charge is 0.264 e. The average molecular weight is 324 g/mol. The lowest BCUT2D eigenvalue weighted by molar-refractivity contribution is -0.119. The van der Waals surface area contributed by atoms with Crippen molar-refractivity contribution >= 4 is 21.6 Å². The third-order valence-corrected chi connectivity index (χ3v) is 4.03. The summed E-state index contributed by atoms with van der Waals surface area (Å²) in [6.07, 6.45) is 0. The van der Waals surface area contributed by atoms with E-state index in [-0.39, 0.29) is 12.3 Å². The predicted octanol–water partition coefficient (Wildman–Crippen LogP) is 1.49. The van der Waals surface area contributed by atoms with Gasteiger partial charge in [0, 0.05) is 5.69 Å². The number of hydrogen-bond acceptors (Lipinski definition) is 4. The van der Waals surface area contributed by atoms with Crippen molar-refractivity contribution in [3.05, 3.63) is 54.3 Å². The zero-order chi connectivity index (χ0) is 16.2. The molecule has 0 spiro atoms. The number of ether oxygens (including phenoxy) is 1. The van der Waals surface area contributed by atoms with E-state index in [0.29, 0.717) is 5.75 Å². The first-order chi connectivity index (χ1) is 10.4. The lowest BCUT2D eigenvalue weighted by Crippen LogP contribution is -2.20. The normalized spacial score (nSPS) is 11.0. The minimum atomic E-state index is -4.02. The Balaban J connectivity index is 2.13. The zero-order valence-corrected chi connectivity index (χ0v) is 12.1. The van der Waals surface area contributed by atoms with Gasteiger partial charge < -0.3 is 10.5 Å². The second-order valence-electron chi connectivity index (χ2n) is 4.32. The molecule has 0 aliphatic carbocycles. The molecule has 0 heterocycles. The van der Waals surface area contributed by atoms with Gasteiger partial charge in [0.15, 0.2) is 6.61 Å². The van der Waals surface area contributed by atoms with Crippen LogP contribution >= 0.6 is 0 Å². The molecule has 0 aromatic heterocycles. The lowest BCUT2D eigenvalue weighted by Gasteiger charge is -2.09. The molecule has 22 heavy (non-hydrogen) atoms. The molecule has 0 aliphatic rings. The average Bonchev–Trinajstić information content (AvgIpc) is 2.46. The van der Waals surface area contributed by atoms with Crippen LogP contribution in [0.25, 0.3) is 0 Å². The summed E-state index contributed by atoms with van der Waals surface area (Å²) < 4.78 is 45.0. The van der Waals surface area contributed by atoms with Crippen molar-refractivity contribution in [2.45, 2.75) is 4.90 Å². The maximum atomic E-state index is 13.5. The Morgan fingerprint density at radius 2 is 1.77 bits per heavy atom. The monoisotopic (exact) mass is 324 g/mol. The van der Waals surface area contributed by atoms with Gasteiger partial charge in [0.1, 0.15) is 16.5 Å². The van der Waals surface area contributed by atoms with E-state index in [1.165, 1.54) is 42.5 Å². The van der Waals surface area contributed by atoms with Gasteiger partial charge in [-0.2, -0.15) is 0 Å². The SMILES string of the molecule is NC(=O)COc1ccc(NS(=O)(=O)c2ccccc2F)cc1. The number of nitrogens with one attached hydrogen (secondary N) is 1. The quantitative estimate of drug-likeness (QED) is 0.841. The topological polar surface area (TPSA) is 98.5 Å². The van der Waals surface area contributed by atoms with Crippen LogP contribution in [0.15, 0.2) is 53.4 Å². The molecule has 0 aliphatic heterocycles. The highest BCUT2D eigenvalue weighted by atomic mass is 32.2. The highest BCUT2D eigenvalue weighted by molar-refractivity contribution is 7.92. The van der Waals surface area contributed by atoms with E-state index < -0.39 is 26.6 Å². The minimum absolute atomic E-state index is 0.231. The molecule has 6 nitrogen and oxygen atoms in total. The Hall–Kier alpha value is -2.61. The molecule has 0 bridgehead atoms. The largest absolute Gasteiger partial charge is 0.484 e. The molecule has 1 amide bonds. The van der Waals surface area contributed by atoms with Crippen molar-refractivity contribution in [2.75, 3.05) is 11.3 Å². The molecule has 8 heteroatoms. The number of primary amides is 1. The van der Waals surface area contributed by atoms with Crippen molar-refractivity contribution in [1.29, 1.82) is 0 Å². The Morgan fingerprint density at radius 3 is 2.36 bits per heavy atom. The van der Waals surface area contributed by atoms with E-state index in [2.05, 4.69) is 4.72 Å². The molecule has 2 aromatic carbocycles. The number of carbonyl (C=O) groups excluding carboxylic acids is 1. The number of sulfonamides is 1. The van der Waals surface area contributed by atoms with Crippen LogP contribution in [0.1, 0.15) is 0 Å². The molecule has 0 saturated carbocycles. The van der Waals surface area contributed by atoms with E-state index in [4.69, 9.17) is 10.5 Å². The number of nitrogens with two attached hydrogens (primary N) is 1. The van der Waals surface area contributed by atoms with E-state index in [9.17, 15) is 17.6 Å². The first-order valence-corrected chi connectivity index (χ1v) is 7.65. The number of hydrogen-bond donors (Lipinski definition) is 2. The molecule has 3 N–H and O–H groups in total. The highest BCUT2D eigenvalue weighted by Crippen LogP contribution is 2.20. The van der Waals surface area contributed by atoms with Crippen molar-refractivity contribution in [2.24, 2.45) is 5.73 Å². The summed E-state index contributed by atoms with van der Waals surface area (Å²) in [5, 5.41) is 0. The maximum Gasteiger partial charge on any atom is 0.264 e. The van der Waals surface area contributed by atoms with Gasteiger partial charge in [-0.3, -0.25) is 9.52 Å². The molecule has 2 rings (SSSR count). The standard InChI is InChI=1S/C14H13FN2O4S/c15-12-3-1-2-4-13(12)22(19,20)17-10-5-7-11(8-6-10)21-9-14(16)18/h1-8,17H,9H2,(H2,16,18). The van der Waals surface area contributed by atoms with Crippen LogP contribution in [-0.4, -0.2) is 20.9 Å². The molecule has 0 radical (unpaired) electrons. The van der Waals surface area contributed by atoms with Gasteiger partial charge in [-0.1, -0.05) is 12.1 Å². The van der Waals surface area contributed by atoms with Crippen molar-refractivity contribution in [3.63, 3.8) is 0 Å². The van der Waals surface area contributed by atoms with Gasteiger partial charge in [-0.15, -0.1) is 0 Å². The molecular weight excluding hydrogens is 311 g/mol. The Kier molecular flexibility index (Phi) is 4.62. The molecule has 0 unspecified atom stereocenters. The summed E-state index contributed by atoms with van der Waals surface area (Å²) in [6, 6.07) is 10.8. The fraction of sp³-hybridized carbons (Fsp3) is 0.0714. The summed E-state index contributed by atoms with van der Waals surface area (Å²) in [5.41, 5.74) is 5.17. The molecular formula is C14H13FN2O4S. The van der Waals surface area contributed by atoms with E-state index in [1.807, 2.05) is 0 Å². The van der Waals surface area contributed by atoms with Crippen LogP contribution in [0.3, 0.4) is 0 Å². The third-order valence-electron chi connectivity index (χ3n) is 2.61. The van der Waals surface area contributed by atoms with Crippen LogP contribution in [0.2, 0.25) is 0 Å². The summed E-state index contributed by atoms with van der Waals surface area (Å²) in [7, 11) is -4.02. The number of halogens is 1. The van der Waals surface area contributed by atoms with Crippen molar-refractivity contribution in [3.8, 4) is 5.75 Å². The maximum absolute atomic E-state index is 13.5. The first kappa shape index (κ1) is 15.8. The van der Waals surface area contributed by atoms with Gasteiger partial charge >= 0.3 is 0 Å². The van der Waals surface area contributed by atoms with Crippen molar-refractivity contribution in [1.82, 2.24) is 0 Å². The van der Waals surface area contributed by atoms with Gasteiger partial charge in [0.2, 0.25) is 0 Å². The van der Waals surface area contributed by atoms with Gasteiger partial charge in [0.05, 0.1) is 0 Å². The van der Waals surface area contributed by atoms with Crippen molar-refractivity contribution < 1.29 is 22.3 Å². The van der Waals surface area contributed by atoms with E-state index in [0.717, 1.165) is 6.07 Å². The predicted molar refractivity (Wildman–Crippen MR) is 78.3 cm³/mol. The van der Waals surface area contributed by atoms with Crippen LogP contribution in [-0.2, 0) is 14.8 Å². The number of amides is 1. The van der Waals surface area contributed by atoms with Gasteiger partial charge in [0.25, 0.3) is 15.9 Å². The van der Waals surface area contributed by atoms with Crippen LogP contribution in [0, 0.1) is 5.82 Å². The number of anilines is 1. The minimum Gasteiger partial charge on any atom is -0.484 e. The fourth-order valence-electron chi connectivity index (χ4n) is 1.65. The summed E-state index contributed by atoms with van der Waals surface area (Å²) >= 11 is 0. The molecule has 0 atom stereocenters. The number of carbonyl (C=O) groups is 1. The number of benzene rings is 2. The zero-order valence-electron chi connectivity index (χ0n) is 11.3. The highest BCUT2D eigenvalue weighted by Gasteiger charge is 2.18. The molecule has 2 aromatic rings. The second-order valence-corrected chi connectivity index (χ2v) is 5.97. The summed E-state index contributed by atoms with van der Waals surface area (Å²) in [6.45, 7) is -0.277. The number of rotatable bonds is 6. The van der Waals surface area contributed by atoms with Crippen LogP contribution < -0.4 is 15.2 Å². The Bertz CT molecular complexity index is 776. The first-order valence-electron chi connectivity index (χ1n) is 6.17. The van der Waals surface area contributed by atoms with E-state index >= 15 is 0 Å².